The van der Waals surface area contributed by atoms with Crippen molar-refractivity contribution in [1.29, 1.82) is 0 Å². The summed E-state index contributed by atoms with van der Waals surface area (Å²) in [5.41, 5.74) is -0.753. The van der Waals surface area contributed by atoms with Crippen LogP contribution in [0.1, 0.15) is 58.2 Å². The predicted molar refractivity (Wildman–Crippen MR) is 85.2 cm³/mol. The molecule has 6 heteroatoms. The number of hydrogen-bond donors (Lipinski definition) is 1. The fourth-order valence-electron chi connectivity index (χ4n) is 3.32. The van der Waals surface area contributed by atoms with E-state index in [1.165, 1.54) is 10.8 Å². The van der Waals surface area contributed by atoms with Crippen LogP contribution < -0.4 is 5.56 Å². The van der Waals surface area contributed by atoms with Crippen molar-refractivity contribution in [3.8, 4) is 0 Å². The number of carbonyl (C=O) groups is 1. The summed E-state index contributed by atoms with van der Waals surface area (Å²) in [5.74, 6) is -0.500. The van der Waals surface area contributed by atoms with Crippen LogP contribution in [0.4, 0.5) is 4.39 Å². The van der Waals surface area contributed by atoms with E-state index in [2.05, 4.69) is 4.98 Å². The van der Waals surface area contributed by atoms with Gasteiger partial charge in [0.15, 0.2) is 0 Å². The van der Waals surface area contributed by atoms with Crippen LogP contribution in [0.5, 0.6) is 0 Å². The number of carboxylic acids is 1. The zero-order chi connectivity index (χ0) is 17.2. The molecule has 1 aromatic rings. The maximum atomic E-state index is 13.5. The summed E-state index contributed by atoms with van der Waals surface area (Å²) in [5, 5.41) is 9.39. The summed E-state index contributed by atoms with van der Waals surface area (Å²) in [6, 6.07) is -0.873. The number of hydrogen-bond acceptors (Lipinski definition) is 3. The second kappa shape index (κ2) is 6.81. The van der Waals surface area contributed by atoms with Gasteiger partial charge in [-0.15, -0.1) is 0 Å². The number of aromatic nitrogens is 2. The average Bonchev–Trinajstić information content (AvgIpc) is 2.41. The van der Waals surface area contributed by atoms with Crippen LogP contribution in [0.3, 0.4) is 0 Å². The van der Waals surface area contributed by atoms with Crippen LogP contribution in [0, 0.1) is 11.8 Å². The molecule has 1 atom stereocenters. The van der Waals surface area contributed by atoms with Gasteiger partial charge in [0.2, 0.25) is 0 Å². The molecule has 128 valence electrons. The van der Waals surface area contributed by atoms with Crippen molar-refractivity contribution in [1.82, 2.24) is 9.55 Å². The normalized spacial score (nSPS) is 25.2. The fourth-order valence-corrected chi connectivity index (χ4v) is 3.32. The van der Waals surface area contributed by atoms with E-state index < -0.39 is 23.2 Å². The lowest BCUT2D eigenvalue weighted by Gasteiger charge is -2.38. The Kier molecular flexibility index (Phi) is 5.22. The summed E-state index contributed by atoms with van der Waals surface area (Å²) in [6.07, 6.45) is 5.71. The summed E-state index contributed by atoms with van der Waals surface area (Å²) in [6.45, 7) is 5.46. The maximum Gasteiger partial charge on any atom is 0.326 e. The number of nitrogens with zero attached hydrogens (tertiary/aromatic N) is 2. The average molecular weight is 324 g/mol. The molecule has 1 N–H and O–H groups in total. The van der Waals surface area contributed by atoms with Crippen molar-refractivity contribution in [2.75, 3.05) is 0 Å². The van der Waals surface area contributed by atoms with Gasteiger partial charge in [-0.25, -0.2) is 9.18 Å². The van der Waals surface area contributed by atoms with E-state index in [1.807, 2.05) is 13.8 Å². The number of carboxylic acid groups (broad SMARTS) is 1. The van der Waals surface area contributed by atoms with Crippen LogP contribution in [-0.2, 0) is 11.2 Å². The van der Waals surface area contributed by atoms with Gasteiger partial charge in [0.25, 0.3) is 5.56 Å². The number of aryl methyl sites for hydroxylation is 1. The minimum atomic E-state index is -1.04. The quantitative estimate of drug-likeness (QED) is 0.837. The first-order valence-electron chi connectivity index (χ1n) is 8.17. The van der Waals surface area contributed by atoms with Crippen molar-refractivity contribution in [2.24, 2.45) is 11.8 Å². The predicted octanol–water partition coefficient (Wildman–Crippen LogP) is 2.99. The molecule has 1 fully saturated rings. The summed E-state index contributed by atoms with van der Waals surface area (Å²) in [7, 11) is 0. The highest BCUT2D eigenvalue weighted by atomic mass is 19.1. The lowest BCUT2D eigenvalue weighted by molar-refractivity contribution is -0.141. The molecular formula is C17H25FN2O3. The van der Waals surface area contributed by atoms with Gasteiger partial charge in [-0.1, -0.05) is 13.8 Å². The van der Waals surface area contributed by atoms with E-state index in [1.54, 1.807) is 13.1 Å². The first-order chi connectivity index (χ1) is 10.7. The standard InChI is InChI=1S/C17H25FN2O3/c1-11(2)6-14(16(22)23)20-10-13(19-9-15(20)21)5-4-12-7-17(3,18)8-12/h9-12,14H,4-8H2,1-3H3,(H,22,23). The second-order valence-electron chi connectivity index (χ2n) is 7.33. The molecule has 5 nitrogen and oxygen atoms in total. The first-order valence-corrected chi connectivity index (χ1v) is 8.17. The van der Waals surface area contributed by atoms with Crippen LogP contribution in [0.25, 0.3) is 0 Å². The molecule has 1 aromatic heterocycles. The Labute approximate surface area is 135 Å². The van der Waals surface area contributed by atoms with Crippen molar-refractivity contribution in [2.45, 2.75) is 64.6 Å². The smallest absolute Gasteiger partial charge is 0.326 e. The molecule has 0 saturated heterocycles. The lowest BCUT2D eigenvalue weighted by Crippen LogP contribution is -2.37. The van der Waals surface area contributed by atoms with E-state index in [4.69, 9.17) is 0 Å². The zero-order valence-corrected chi connectivity index (χ0v) is 14.0. The lowest BCUT2D eigenvalue weighted by atomic mass is 9.71. The highest BCUT2D eigenvalue weighted by Crippen LogP contribution is 2.42. The third kappa shape index (κ3) is 4.62. The Balaban J connectivity index is 2.08. The molecule has 23 heavy (non-hydrogen) atoms. The summed E-state index contributed by atoms with van der Waals surface area (Å²) in [4.78, 5) is 27.6. The molecule has 2 rings (SSSR count). The molecule has 1 aliphatic carbocycles. The van der Waals surface area contributed by atoms with Gasteiger partial charge in [0.05, 0.1) is 11.9 Å². The van der Waals surface area contributed by atoms with Crippen LogP contribution >= 0.6 is 0 Å². The Morgan fingerprint density at radius 2 is 2.17 bits per heavy atom. The zero-order valence-electron chi connectivity index (χ0n) is 14.0. The SMILES string of the molecule is CC(C)CC(C(=O)O)n1cc(CCC2CC(C)(F)C2)ncc1=O. The van der Waals surface area contributed by atoms with Crippen LogP contribution in [0.15, 0.2) is 17.2 Å². The molecule has 1 aliphatic rings. The molecule has 1 saturated carbocycles. The largest absolute Gasteiger partial charge is 0.480 e. The topological polar surface area (TPSA) is 72.2 Å². The monoisotopic (exact) mass is 324 g/mol. The van der Waals surface area contributed by atoms with Gasteiger partial charge in [-0.05, 0) is 50.9 Å². The van der Waals surface area contributed by atoms with Crippen LogP contribution in [0.2, 0.25) is 0 Å². The van der Waals surface area contributed by atoms with E-state index in [9.17, 15) is 19.1 Å². The molecule has 1 heterocycles. The minimum absolute atomic E-state index is 0.164. The number of halogens is 1. The summed E-state index contributed by atoms with van der Waals surface area (Å²) < 4.78 is 14.8. The molecule has 0 spiro atoms. The van der Waals surface area contributed by atoms with Crippen molar-refractivity contribution >= 4 is 5.97 Å². The number of alkyl halides is 1. The van der Waals surface area contributed by atoms with Crippen molar-refractivity contribution in [3.63, 3.8) is 0 Å². The fraction of sp³-hybridized carbons (Fsp3) is 0.706. The second-order valence-corrected chi connectivity index (χ2v) is 7.33. The van der Waals surface area contributed by atoms with Gasteiger partial charge in [-0.3, -0.25) is 14.3 Å². The molecular weight excluding hydrogens is 299 g/mol. The Hall–Kier alpha value is -1.72. The van der Waals surface area contributed by atoms with Crippen molar-refractivity contribution in [3.05, 3.63) is 28.4 Å². The highest BCUT2D eigenvalue weighted by molar-refractivity contribution is 5.71. The van der Waals surface area contributed by atoms with Crippen molar-refractivity contribution < 1.29 is 14.3 Å². The van der Waals surface area contributed by atoms with Crippen LogP contribution in [-0.4, -0.2) is 26.3 Å². The van der Waals surface area contributed by atoms with Gasteiger partial charge in [0.1, 0.15) is 11.7 Å². The Bertz CT molecular complexity index is 617. The van der Waals surface area contributed by atoms with E-state index >= 15 is 0 Å². The first kappa shape index (κ1) is 17.6. The molecule has 0 bridgehead atoms. The summed E-state index contributed by atoms with van der Waals surface area (Å²) >= 11 is 0. The third-order valence-corrected chi connectivity index (χ3v) is 4.44. The van der Waals surface area contributed by atoms with Gasteiger partial charge in [-0.2, -0.15) is 0 Å². The minimum Gasteiger partial charge on any atom is -0.480 e. The molecule has 0 amide bonds. The van der Waals surface area contributed by atoms with E-state index in [0.29, 0.717) is 37.3 Å². The maximum absolute atomic E-state index is 13.5. The Morgan fingerprint density at radius 3 is 2.70 bits per heavy atom. The van der Waals surface area contributed by atoms with E-state index in [-0.39, 0.29) is 5.92 Å². The molecule has 1 unspecified atom stereocenters. The third-order valence-electron chi connectivity index (χ3n) is 4.44. The van der Waals surface area contributed by atoms with Gasteiger partial charge >= 0.3 is 5.97 Å². The molecule has 0 aromatic carbocycles. The van der Waals surface area contributed by atoms with Gasteiger partial charge in [0, 0.05) is 6.20 Å². The molecule has 0 radical (unpaired) electrons. The number of aliphatic carboxylic acids is 1. The van der Waals surface area contributed by atoms with Gasteiger partial charge < -0.3 is 5.11 Å². The molecule has 0 aliphatic heterocycles. The highest BCUT2D eigenvalue weighted by Gasteiger charge is 2.39. The number of rotatable bonds is 7. The Morgan fingerprint density at radius 1 is 1.52 bits per heavy atom. The van der Waals surface area contributed by atoms with E-state index in [0.717, 1.165) is 6.42 Å².